The number of rotatable bonds is 6. The fourth-order valence-electron chi connectivity index (χ4n) is 4.32. The first-order chi connectivity index (χ1) is 13.7. The summed E-state index contributed by atoms with van der Waals surface area (Å²) in [7, 11) is -3.54. The molecule has 2 aliphatic rings. The van der Waals surface area contributed by atoms with E-state index in [1.165, 1.54) is 18.2 Å². The van der Waals surface area contributed by atoms with Crippen molar-refractivity contribution in [3.8, 4) is 0 Å². The van der Waals surface area contributed by atoms with Crippen molar-refractivity contribution in [2.75, 3.05) is 26.2 Å². The highest BCUT2D eigenvalue weighted by atomic mass is 32.2. The zero-order valence-electron chi connectivity index (χ0n) is 17.3. The quantitative estimate of drug-likeness (QED) is 0.760. The van der Waals surface area contributed by atoms with Crippen LogP contribution in [0.5, 0.6) is 0 Å². The Hall–Kier alpha value is -1.51. The maximum atomic E-state index is 13.3. The van der Waals surface area contributed by atoms with Crippen molar-refractivity contribution in [1.82, 2.24) is 14.5 Å². The summed E-state index contributed by atoms with van der Waals surface area (Å²) in [5.74, 6) is -0.464. The van der Waals surface area contributed by atoms with Gasteiger partial charge < -0.3 is 4.90 Å². The normalized spacial score (nSPS) is 24.1. The summed E-state index contributed by atoms with van der Waals surface area (Å²) >= 11 is 0. The second kappa shape index (κ2) is 9.53. The molecule has 1 amide bonds. The van der Waals surface area contributed by atoms with Gasteiger partial charge in [-0.3, -0.25) is 9.69 Å². The van der Waals surface area contributed by atoms with Gasteiger partial charge in [0.05, 0.1) is 5.75 Å². The van der Waals surface area contributed by atoms with Gasteiger partial charge in [0.1, 0.15) is 5.82 Å². The SMILES string of the molecule is CC(C)N1CCN(C(=O)C2CCC(NS(=O)(=O)Cc3cccc(F)c3)CC2)CC1. The van der Waals surface area contributed by atoms with E-state index in [4.69, 9.17) is 0 Å². The molecule has 1 saturated carbocycles. The van der Waals surface area contributed by atoms with Crippen LogP contribution in [0.3, 0.4) is 0 Å². The number of carbonyl (C=O) groups is 1. The Morgan fingerprint density at radius 3 is 2.38 bits per heavy atom. The van der Waals surface area contributed by atoms with Gasteiger partial charge in [0.2, 0.25) is 15.9 Å². The fourth-order valence-corrected chi connectivity index (χ4v) is 5.76. The molecule has 1 heterocycles. The Labute approximate surface area is 173 Å². The van der Waals surface area contributed by atoms with Crippen LogP contribution in [0, 0.1) is 11.7 Å². The summed E-state index contributed by atoms with van der Waals surface area (Å²) in [6.07, 6.45) is 2.72. The lowest BCUT2D eigenvalue weighted by molar-refractivity contribution is -0.138. The van der Waals surface area contributed by atoms with Crippen LogP contribution >= 0.6 is 0 Å². The third-order valence-electron chi connectivity index (χ3n) is 6.02. The Morgan fingerprint density at radius 2 is 1.79 bits per heavy atom. The summed E-state index contributed by atoms with van der Waals surface area (Å²) in [6, 6.07) is 6.01. The summed E-state index contributed by atoms with van der Waals surface area (Å²) in [5, 5.41) is 0. The Bertz CT molecular complexity index is 799. The van der Waals surface area contributed by atoms with Crippen LogP contribution in [0.4, 0.5) is 4.39 Å². The number of amides is 1. The fraction of sp³-hybridized carbons (Fsp3) is 0.667. The Kier molecular flexibility index (Phi) is 7.29. The van der Waals surface area contributed by atoms with Crippen LogP contribution in [-0.4, -0.2) is 62.4 Å². The smallest absolute Gasteiger partial charge is 0.225 e. The molecule has 0 atom stereocenters. The average Bonchev–Trinajstić information content (AvgIpc) is 2.67. The molecule has 1 saturated heterocycles. The molecule has 1 aromatic rings. The van der Waals surface area contributed by atoms with Crippen molar-refractivity contribution < 1.29 is 17.6 Å². The minimum atomic E-state index is -3.54. The van der Waals surface area contributed by atoms with Gasteiger partial charge in [0, 0.05) is 44.2 Å². The van der Waals surface area contributed by atoms with Crippen LogP contribution in [0.1, 0.15) is 45.1 Å². The van der Waals surface area contributed by atoms with Crippen LogP contribution < -0.4 is 4.72 Å². The van der Waals surface area contributed by atoms with Gasteiger partial charge in [-0.25, -0.2) is 17.5 Å². The molecule has 8 heteroatoms. The van der Waals surface area contributed by atoms with Crippen molar-refractivity contribution in [3.63, 3.8) is 0 Å². The highest BCUT2D eigenvalue weighted by Crippen LogP contribution is 2.27. The zero-order valence-corrected chi connectivity index (χ0v) is 18.1. The number of nitrogens with one attached hydrogen (secondary N) is 1. The molecular weight excluding hydrogens is 393 g/mol. The lowest BCUT2D eigenvalue weighted by Gasteiger charge is -2.39. The van der Waals surface area contributed by atoms with E-state index in [1.54, 1.807) is 6.07 Å². The van der Waals surface area contributed by atoms with E-state index in [0.717, 1.165) is 26.2 Å². The molecule has 29 heavy (non-hydrogen) atoms. The summed E-state index contributed by atoms with van der Waals surface area (Å²) in [5.41, 5.74) is 0.432. The zero-order chi connectivity index (χ0) is 21.0. The van der Waals surface area contributed by atoms with Crippen molar-refractivity contribution in [2.24, 2.45) is 5.92 Å². The number of hydrogen-bond donors (Lipinski definition) is 1. The molecule has 0 radical (unpaired) electrons. The number of nitrogens with zero attached hydrogens (tertiary/aromatic N) is 2. The van der Waals surface area contributed by atoms with E-state index in [1.807, 2.05) is 4.90 Å². The maximum absolute atomic E-state index is 13.3. The van der Waals surface area contributed by atoms with E-state index in [2.05, 4.69) is 23.5 Å². The molecular formula is C21H32FN3O3S. The molecule has 3 rings (SSSR count). The third-order valence-corrected chi connectivity index (χ3v) is 7.43. The number of hydrogen-bond acceptors (Lipinski definition) is 4. The minimum absolute atomic E-state index is 0.00965. The summed E-state index contributed by atoms with van der Waals surface area (Å²) in [4.78, 5) is 17.2. The highest BCUT2D eigenvalue weighted by molar-refractivity contribution is 7.88. The average molecular weight is 426 g/mol. The molecule has 2 fully saturated rings. The van der Waals surface area contributed by atoms with Gasteiger partial charge >= 0.3 is 0 Å². The topological polar surface area (TPSA) is 69.7 Å². The number of halogens is 1. The predicted molar refractivity (Wildman–Crippen MR) is 111 cm³/mol. The number of piperazine rings is 1. The first-order valence-electron chi connectivity index (χ1n) is 10.5. The van der Waals surface area contributed by atoms with Gasteiger partial charge in [-0.15, -0.1) is 0 Å². The maximum Gasteiger partial charge on any atom is 0.225 e. The molecule has 1 aliphatic heterocycles. The first-order valence-corrected chi connectivity index (χ1v) is 12.2. The Morgan fingerprint density at radius 1 is 1.14 bits per heavy atom. The molecule has 162 valence electrons. The standard InChI is InChI=1S/C21H32FN3O3S/c1-16(2)24-10-12-25(13-11-24)21(26)18-6-8-20(9-7-18)23-29(27,28)15-17-4-3-5-19(22)14-17/h3-5,14,16,18,20,23H,6-13,15H2,1-2H3. The van der Waals surface area contributed by atoms with Gasteiger partial charge in [0.15, 0.2) is 0 Å². The minimum Gasteiger partial charge on any atom is -0.340 e. The van der Waals surface area contributed by atoms with E-state index >= 15 is 0 Å². The van der Waals surface area contributed by atoms with Gasteiger partial charge in [-0.05, 0) is 57.2 Å². The van der Waals surface area contributed by atoms with Gasteiger partial charge in [0.25, 0.3) is 0 Å². The Balaban J connectivity index is 1.46. The second-order valence-electron chi connectivity index (χ2n) is 8.51. The lowest BCUT2D eigenvalue weighted by atomic mass is 9.85. The van der Waals surface area contributed by atoms with Crippen molar-refractivity contribution >= 4 is 15.9 Å². The number of carbonyl (C=O) groups excluding carboxylic acids is 1. The van der Waals surface area contributed by atoms with Crippen LogP contribution in [0.25, 0.3) is 0 Å². The van der Waals surface area contributed by atoms with Crippen LogP contribution in [0.15, 0.2) is 24.3 Å². The van der Waals surface area contributed by atoms with Crippen molar-refractivity contribution in [2.45, 2.75) is 57.4 Å². The lowest BCUT2D eigenvalue weighted by Crippen LogP contribution is -2.52. The first kappa shape index (κ1) is 22.2. The van der Waals surface area contributed by atoms with Gasteiger partial charge in [-0.2, -0.15) is 0 Å². The largest absolute Gasteiger partial charge is 0.340 e. The van der Waals surface area contributed by atoms with Gasteiger partial charge in [-0.1, -0.05) is 12.1 Å². The number of sulfonamides is 1. The molecule has 1 N–H and O–H groups in total. The number of benzene rings is 1. The van der Waals surface area contributed by atoms with E-state index in [9.17, 15) is 17.6 Å². The van der Waals surface area contributed by atoms with Crippen LogP contribution in [-0.2, 0) is 20.6 Å². The third kappa shape index (κ3) is 6.23. The molecule has 1 aromatic carbocycles. The van der Waals surface area contributed by atoms with E-state index in [0.29, 0.717) is 37.3 Å². The molecule has 0 bridgehead atoms. The van der Waals surface area contributed by atoms with Crippen LogP contribution in [0.2, 0.25) is 0 Å². The predicted octanol–water partition coefficient (Wildman–Crippen LogP) is 2.36. The molecule has 0 unspecified atom stereocenters. The molecule has 1 aliphatic carbocycles. The summed E-state index contributed by atoms with van der Waals surface area (Å²) in [6.45, 7) is 7.73. The van der Waals surface area contributed by atoms with E-state index < -0.39 is 15.8 Å². The van der Waals surface area contributed by atoms with Crippen molar-refractivity contribution in [1.29, 1.82) is 0 Å². The van der Waals surface area contributed by atoms with Crippen molar-refractivity contribution in [3.05, 3.63) is 35.6 Å². The van der Waals surface area contributed by atoms with E-state index in [-0.39, 0.29) is 23.6 Å². The monoisotopic (exact) mass is 425 g/mol. The molecule has 0 aromatic heterocycles. The molecule has 6 nitrogen and oxygen atoms in total. The highest BCUT2D eigenvalue weighted by Gasteiger charge is 2.32. The molecule has 0 spiro atoms. The second-order valence-corrected chi connectivity index (χ2v) is 10.3. The summed E-state index contributed by atoms with van der Waals surface area (Å²) < 4.78 is 40.8.